The fourth-order valence-corrected chi connectivity index (χ4v) is 1.98. The first-order valence-corrected chi connectivity index (χ1v) is 6.54. The maximum atomic E-state index is 11.6. The Hall–Kier alpha value is -2.13. The summed E-state index contributed by atoms with van der Waals surface area (Å²) < 4.78 is 10.6. The number of Topliss-reactive ketones (excluding diaryl/α,β-unsaturated/α-hetero) is 1. The summed E-state index contributed by atoms with van der Waals surface area (Å²) in [5.74, 6) is 0.605. The molecular weight excluding hydrogens is 252 g/mol. The number of hydrogen-bond acceptors (Lipinski definition) is 3. The molecule has 0 unspecified atom stereocenters. The van der Waals surface area contributed by atoms with E-state index in [9.17, 15) is 4.79 Å². The first-order valence-electron chi connectivity index (χ1n) is 6.54. The number of ketones is 1. The summed E-state index contributed by atoms with van der Waals surface area (Å²) in [6.07, 6.45) is 0. The molecule has 2 rings (SSSR count). The average Bonchev–Trinajstić information content (AvgIpc) is 2.48. The summed E-state index contributed by atoms with van der Waals surface area (Å²) in [6.45, 7) is 2.46. The molecule has 0 aliphatic rings. The van der Waals surface area contributed by atoms with Crippen molar-refractivity contribution in [3.8, 4) is 16.9 Å². The summed E-state index contributed by atoms with van der Waals surface area (Å²) in [5.41, 5.74) is 2.72. The summed E-state index contributed by atoms with van der Waals surface area (Å²) in [7, 11) is 1.62. The van der Waals surface area contributed by atoms with Crippen LogP contribution in [0.1, 0.15) is 17.3 Å². The molecule has 0 N–H and O–H groups in total. The van der Waals surface area contributed by atoms with Gasteiger partial charge in [-0.15, -0.1) is 0 Å². The first kappa shape index (κ1) is 14.3. The molecule has 0 fully saturated rings. The van der Waals surface area contributed by atoms with Crippen LogP contribution in [0.15, 0.2) is 48.5 Å². The van der Waals surface area contributed by atoms with Crippen LogP contribution in [0.5, 0.6) is 5.75 Å². The van der Waals surface area contributed by atoms with Gasteiger partial charge < -0.3 is 9.47 Å². The zero-order valence-corrected chi connectivity index (χ0v) is 11.8. The lowest BCUT2D eigenvalue weighted by Crippen LogP contribution is -2.07. The number of ether oxygens (including phenoxy) is 2. The number of rotatable bonds is 6. The largest absolute Gasteiger partial charge is 0.490 e. The van der Waals surface area contributed by atoms with Crippen molar-refractivity contribution in [1.29, 1.82) is 0 Å². The molecular formula is C17H18O3. The van der Waals surface area contributed by atoms with Gasteiger partial charge in [-0.3, -0.25) is 4.79 Å². The van der Waals surface area contributed by atoms with Gasteiger partial charge in [-0.25, -0.2) is 0 Å². The van der Waals surface area contributed by atoms with Crippen LogP contribution in [-0.2, 0) is 4.74 Å². The maximum Gasteiger partial charge on any atom is 0.163 e. The van der Waals surface area contributed by atoms with Gasteiger partial charge in [0.2, 0.25) is 0 Å². The molecule has 0 heterocycles. The van der Waals surface area contributed by atoms with Gasteiger partial charge in [0, 0.05) is 7.11 Å². The molecule has 2 aromatic carbocycles. The van der Waals surface area contributed by atoms with Gasteiger partial charge in [-0.05, 0) is 30.2 Å². The summed E-state index contributed by atoms with van der Waals surface area (Å²) in [4.78, 5) is 11.6. The molecule has 0 aliphatic carbocycles. The minimum atomic E-state index is -0.00275. The number of methoxy groups -OCH3 is 1. The van der Waals surface area contributed by atoms with Gasteiger partial charge in [0.25, 0.3) is 0 Å². The Bertz CT molecular complexity index is 576. The lowest BCUT2D eigenvalue weighted by Gasteiger charge is -2.11. The molecule has 0 aromatic heterocycles. The average molecular weight is 270 g/mol. The van der Waals surface area contributed by atoms with Gasteiger partial charge >= 0.3 is 0 Å². The highest BCUT2D eigenvalue weighted by atomic mass is 16.5. The topological polar surface area (TPSA) is 35.5 Å². The highest BCUT2D eigenvalue weighted by molar-refractivity contribution is 5.97. The zero-order valence-electron chi connectivity index (χ0n) is 11.8. The third kappa shape index (κ3) is 3.45. The monoisotopic (exact) mass is 270 g/mol. The predicted molar refractivity (Wildman–Crippen MR) is 79.3 cm³/mol. The highest BCUT2D eigenvalue weighted by Gasteiger charge is 2.10. The van der Waals surface area contributed by atoms with Gasteiger partial charge in [0.15, 0.2) is 5.78 Å². The Labute approximate surface area is 119 Å². The molecule has 0 saturated carbocycles. The standard InChI is InChI=1S/C17H18O3/c1-13(18)16-9-8-15(14-6-4-3-5-7-14)12-17(16)20-11-10-19-2/h3-9,12H,10-11H2,1-2H3. The molecule has 3 heteroatoms. The molecule has 0 atom stereocenters. The minimum Gasteiger partial charge on any atom is -0.490 e. The number of benzene rings is 2. The number of carbonyl (C=O) groups is 1. The fourth-order valence-electron chi connectivity index (χ4n) is 1.98. The number of carbonyl (C=O) groups excluding carboxylic acids is 1. The molecule has 0 radical (unpaired) electrons. The van der Waals surface area contributed by atoms with Crippen molar-refractivity contribution < 1.29 is 14.3 Å². The second-order valence-electron chi connectivity index (χ2n) is 4.47. The Morgan fingerprint density at radius 2 is 1.75 bits per heavy atom. The lowest BCUT2D eigenvalue weighted by atomic mass is 10.0. The normalized spacial score (nSPS) is 10.3. The van der Waals surface area contributed by atoms with E-state index in [1.54, 1.807) is 14.0 Å². The van der Waals surface area contributed by atoms with Crippen LogP contribution in [0.25, 0.3) is 11.1 Å². The Morgan fingerprint density at radius 3 is 2.40 bits per heavy atom. The summed E-state index contributed by atoms with van der Waals surface area (Å²) >= 11 is 0. The molecule has 0 amide bonds. The Kier molecular flexibility index (Phi) is 4.91. The van der Waals surface area contributed by atoms with Crippen LogP contribution in [0.2, 0.25) is 0 Å². The second kappa shape index (κ2) is 6.87. The smallest absolute Gasteiger partial charge is 0.163 e. The summed E-state index contributed by atoms with van der Waals surface area (Å²) in [6, 6.07) is 15.7. The Morgan fingerprint density at radius 1 is 1.00 bits per heavy atom. The van der Waals surface area contributed by atoms with E-state index in [0.29, 0.717) is 24.5 Å². The molecule has 0 bridgehead atoms. The third-order valence-corrected chi connectivity index (χ3v) is 3.01. The fraction of sp³-hybridized carbons (Fsp3) is 0.235. The molecule has 104 valence electrons. The van der Waals surface area contributed by atoms with E-state index < -0.39 is 0 Å². The van der Waals surface area contributed by atoms with Crippen LogP contribution in [0, 0.1) is 0 Å². The third-order valence-electron chi connectivity index (χ3n) is 3.01. The van der Waals surface area contributed by atoms with Crippen molar-refractivity contribution in [2.24, 2.45) is 0 Å². The van der Waals surface area contributed by atoms with Crippen LogP contribution in [0.3, 0.4) is 0 Å². The Balaban J connectivity index is 2.32. The molecule has 2 aromatic rings. The lowest BCUT2D eigenvalue weighted by molar-refractivity contribution is 0.100. The molecule has 0 aliphatic heterocycles. The molecule has 3 nitrogen and oxygen atoms in total. The predicted octanol–water partition coefficient (Wildman–Crippen LogP) is 3.58. The van der Waals surface area contributed by atoms with Gasteiger partial charge in [0.05, 0.1) is 12.2 Å². The quantitative estimate of drug-likeness (QED) is 0.594. The van der Waals surface area contributed by atoms with E-state index in [4.69, 9.17) is 9.47 Å². The molecule has 0 saturated heterocycles. The molecule has 0 spiro atoms. The van der Waals surface area contributed by atoms with Crippen molar-refractivity contribution >= 4 is 5.78 Å². The van der Waals surface area contributed by atoms with Crippen LogP contribution >= 0.6 is 0 Å². The van der Waals surface area contributed by atoms with Crippen molar-refractivity contribution in [1.82, 2.24) is 0 Å². The SMILES string of the molecule is COCCOc1cc(-c2ccccc2)ccc1C(C)=O. The van der Waals surface area contributed by atoms with Gasteiger partial charge in [0.1, 0.15) is 12.4 Å². The van der Waals surface area contributed by atoms with Crippen molar-refractivity contribution in [3.05, 3.63) is 54.1 Å². The zero-order chi connectivity index (χ0) is 14.4. The van der Waals surface area contributed by atoms with E-state index >= 15 is 0 Å². The van der Waals surface area contributed by atoms with E-state index in [0.717, 1.165) is 11.1 Å². The van der Waals surface area contributed by atoms with Crippen LogP contribution in [-0.4, -0.2) is 26.1 Å². The minimum absolute atomic E-state index is 0.00275. The van der Waals surface area contributed by atoms with Gasteiger partial charge in [-0.2, -0.15) is 0 Å². The van der Waals surface area contributed by atoms with E-state index in [2.05, 4.69) is 0 Å². The van der Waals surface area contributed by atoms with E-state index in [1.807, 2.05) is 48.5 Å². The van der Waals surface area contributed by atoms with Crippen molar-refractivity contribution in [2.45, 2.75) is 6.92 Å². The summed E-state index contributed by atoms with van der Waals surface area (Å²) in [5, 5.41) is 0. The van der Waals surface area contributed by atoms with Crippen molar-refractivity contribution in [2.75, 3.05) is 20.3 Å². The van der Waals surface area contributed by atoms with E-state index in [-0.39, 0.29) is 5.78 Å². The maximum absolute atomic E-state index is 11.6. The second-order valence-corrected chi connectivity index (χ2v) is 4.47. The van der Waals surface area contributed by atoms with Crippen molar-refractivity contribution in [3.63, 3.8) is 0 Å². The van der Waals surface area contributed by atoms with E-state index in [1.165, 1.54) is 0 Å². The van der Waals surface area contributed by atoms with Crippen LogP contribution in [0.4, 0.5) is 0 Å². The highest BCUT2D eigenvalue weighted by Crippen LogP contribution is 2.27. The first-order chi connectivity index (χ1) is 9.72. The van der Waals surface area contributed by atoms with Gasteiger partial charge in [-0.1, -0.05) is 36.4 Å². The number of hydrogen-bond donors (Lipinski definition) is 0. The van der Waals surface area contributed by atoms with Crippen LogP contribution < -0.4 is 4.74 Å². The molecule has 20 heavy (non-hydrogen) atoms.